The second kappa shape index (κ2) is 10.2. The molecule has 0 N–H and O–H groups in total. The molecule has 34 heavy (non-hydrogen) atoms. The molecule has 1 unspecified atom stereocenters. The number of nitrogens with zero attached hydrogens (tertiary/aromatic N) is 6. The Labute approximate surface area is 206 Å². The van der Waals surface area contributed by atoms with Gasteiger partial charge in [-0.2, -0.15) is 4.98 Å². The molecular formula is C24H24ClFN6OS. The Hall–Kier alpha value is -2.75. The van der Waals surface area contributed by atoms with Crippen LogP contribution < -0.4 is 0 Å². The second-order valence-corrected chi connectivity index (χ2v) is 9.56. The molecule has 1 aliphatic rings. The quantitative estimate of drug-likeness (QED) is 0.291. The number of rotatable bonds is 7. The summed E-state index contributed by atoms with van der Waals surface area (Å²) in [6.07, 6.45) is 3.62. The minimum atomic E-state index is -0.283. The van der Waals surface area contributed by atoms with Crippen LogP contribution in [0.5, 0.6) is 0 Å². The molecule has 176 valence electrons. The third-order valence-electron chi connectivity index (χ3n) is 5.96. The maximum absolute atomic E-state index is 13.6. The van der Waals surface area contributed by atoms with Crippen LogP contribution in [0.3, 0.4) is 0 Å². The van der Waals surface area contributed by atoms with Gasteiger partial charge in [0.05, 0.1) is 16.8 Å². The van der Waals surface area contributed by atoms with Crippen LogP contribution in [0.4, 0.5) is 4.39 Å². The first-order valence-electron chi connectivity index (χ1n) is 11.3. The van der Waals surface area contributed by atoms with Crippen molar-refractivity contribution in [3.05, 3.63) is 71.1 Å². The fraction of sp³-hybridized carbons (Fsp3) is 0.333. The fourth-order valence-electron chi connectivity index (χ4n) is 4.14. The lowest BCUT2D eigenvalue weighted by molar-refractivity contribution is 0.167. The highest BCUT2D eigenvalue weighted by atomic mass is 35.5. The SMILES string of the molecule is CC(c1nnc(SCc2nc(-c3ccccc3Cl)no2)n1-c1ccc(F)cc1)N1CCCCC1. The number of thioether (sulfide) groups is 1. The summed E-state index contributed by atoms with van der Waals surface area (Å²) in [4.78, 5) is 6.91. The smallest absolute Gasteiger partial charge is 0.237 e. The molecule has 1 fully saturated rings. The molecule has 0 bridgehead atoms. The molecule has 5 rings (SSSR count). The van der Waals surface area contributed by atoms with Gasteiger partial charge in [-0.1, -0.05) is 47.1 Å². The van der Waals surface area contributed by atoms with Gasteiger partial charge < -0.3 is 4.52 Å². The summed E-state index contributed by atoms with van der Waals surface area (Å²) in [5.41, 5.74) is 1.53. The van der Waals surface area contributed by atoms with Crippen molar-refractivity contribution in [1.29, 1.82) is 0 Å². The van der Waals surface area contributed by atoms with Crippen LogP contribution in [0.15, 0.2) is 58.2 Å². The Bertz CT molecular complexity index is 1250. The fourth-order valence-corrected chi connectivity index (χ4v) is 5.16. The number of hydrogen-bond acceptors (Lipinski definition) is 7. The monoisotopic (exact) mass is 498 g/mol. The molecule has 2 aromatic heterocycles. The van der Waals surface area contributed by atoms with Gasteiger partial charge in [0.1, 0.15) is 5.82 Å². The summed E-state index contributed by atoms with van der Waals surface area (Å²) >= 11 is 7.70. The highest BCUT2D eigenvalue weighted by Crippen LogP contribution is 2.31. The minimum Gasteiger partial charge on any atom is -0.338 e. The van der Waals surface area contributed by atoms with Gasteiger partial charge in [0.2, 0.25) is 11.7 Å². The molecule has 10 heteroatoms. The second-order valence-electron chi connectivity index (χ2n) is 8.21. The standard InChI is InChI=1S/C24H24ClFN6OS/c1-16(31-13-5-2-6-14-31)23-28-29-24(32(23)18-11-9-17(26)10-12-18)34-15-21-27-22(30-33-21)19-7-3-4-8-20(19)25/h3-4,7-12,16H,2,5-6,13-15H2,1H3. The van der Waals surface area contributed by atoms with Gasteiger partial charge in [-0.05, 0) is 69.3 Å². The Morgan fingerprint density at radius 3 is 2.59 bits per heavy atom. The van der Waals surface area contributed by atoms with E-state index in [1.165, 1.54) is 43.2 Å². The molecule has 3 heterocycles. The van der Waals surface area contributed by atoms with Crippen LogP contribution in [-0.2, 0) is 5.75 Å². The van der Waals surface area contributed by atoms with E-state index in [1.54, 1.807) is 18.2 Å². The summed E-state index contributed by atoms with van der Waals surface area (Å²) in [7, 11) is 0. The molecule has 1 atom stereocenters. The van der Waals surface area contributed by atoms with Gasteiger partial charge in [0.15, 0.2) is 11.0 Å². The van der Waals surface area contributed by atoms with E-state index in [4.69, 9.17) is 16.1 Å². The zero-order chi connectivity index (χ0) is 23.5. The Balaban J connectivity index is 1.41. The Kier molecular flexibility index (Phi) is 6.94. The number of halogens is 2. The van der Waals surface area contributed by atoms with Gasteiger partial charge in [-0.15, -0.1) is 10.2 Å². The molecule has 1 saturated heterocycles. The average Bonchev–Trinajstić information content (AvgIpc) is 3.51. The maximum Gasteiger partial charge on any atom is 0.237 e. The highest BCUT2D eigenvalue weighted by Gasteiger charge is 2.26. The van der Waals surface area contributed by atoms with E-state index >= 15 is 0 Å². The third kappa shape index (κ3) is 4.87. The predicted octanol–water partition coefficient (Wildman–Crippen LogP) is 5.95. The van der Waals surface area contributed by atoms with Crippen LogP contribution in [0, 0.1) is 5.82 Å². The van der Waals surface area contributed by atoms with Crippen molar-refractivity contribution in [3.63, 3.8) is 0 Å². The van der Waals surface area contributed by atoms with Gasteiger partial charge >= 0.3 is 0 Å². The van der Waals surface area contributed by atoms with Crippen LogP contribution in [-0.4, -0.2) is 42.9 Å². The lowest BCUT2D eigenvalue weighted by Gasteiger charge is -2.31. The van der Waals surface area contributed by atoms with Crippen LogP contribution >= 0.6 is 23.4 Å². The molecule has 4 aromatic rings. The zero-order valence-corrected chi connectivity index (χ0v) is 20.3. The lowest BCUT2D eigenvalue weighted by atomic mass is 10.1. The van der Waals surface area contributed by atoms with Gasteiger partial charge in [-0.3, -0.25) is 9.47 Å². The van der Waals surface area contributed by atoms with Crippen molar-refractivity contribution >= 4 is 23.4 Å². The lowest BCUT2D eigenvalue weighted by Crippen LogP contribution is -2.33. The first-order valence-corrected chi connectivity index (χ1v) is 12.6. The van der Waals surface area contributed by atoms with Gasteiger partial charge in [0.25, 0.3) is 0 Å². The normalized spacial score (nSPS) is 15.5. The molecule has 1 aliphatic heterocycles. The topological polar surface area (TPSA) is 72.9 Å². The van der Waals surface area contributed by atoms with Crippen molar-refractivity contribution in [2.75, 3.05) is 13.1 Å². The van der Waals surface area contributed by atoms with E-state index in [9.17, 15) is 4.39 Å². The molecule has 2 aromatic carbocycles. The maximum atomic E-state index is 13.6. The summed E-state index contributed by atoms with van der Waals surface area (Å²) < 4.78 is 21.1. The largest absolute Gasteiger partial charge is 0.338 e. The summed E-state index contributed by atoms with van der Waals surface area (Å²) in [6, 6.07) is 13.9. The van der Waals surface area contributed by atoms with Crippen molar-refractivity contribution in [2.45, 2.75) is 43.1 Å². The van der Waals surface area contributed by atoms with Crippen molar-refractivity contribution in [1.82, 2.24) is 29.8 Å². The van der Waals surface area contributed by atoms with Crippen LogP contribution in [0.2, 0.25) is 5.02 Å². The van der Waals surface area contributed by atoms with Crippen LogP contribution in [0.1, 0.15) is 43.9 Å². The van der Waals surface area contributed by atoms with E-state index in [-0.39, 0.29) is 11.9 Å². The number of hydrogen-bond donors (Lipinski definition) is 0. The molecule has 7 nitrogen and oxygen atoms in total. The summed E-state index contributed by atoms with van der Waals surface area (Å²) in [6.45, 7) is 4.22. The molecule has 0 saturated carbocycles. The molecule has 0 amide bonds. The molecular weight excluding hydrogens is 475 g/mol. The van der Waals surface area contributed by atoms with Gasteiger partial charge in [-0.25, -0.2) is 4.39 Å². The molecule has 0 aliphatic carbocycles. The highest BCUT2D eigenvalue weighted by molar-refractivity contribution is 7.98. The summed E-state index contributed by atoms with van der Waals surface area (Å²) in [5.74, 6) is 1.86. The van der Waals surface area contributed by atoms with E-state index in [0.717, 1.165) is 30.2 Å². The van der Waals surface area contributed by atoms with Crippen molar-refractivity contribution < 1.29 is 8.91 Å². The summed E-state index contributed by atoms with van der Waals surface area (Å²) in [5, 5.41) is 14.3. The number of piperidine rings is 1. The predicted molar refractivity (Wildman–Crippen MR) is 129 cm³/mol. The van der Waals surface area contributed by atoms with Crippen molar-refractivity contribution in [3.8, 4) is 17.1 Å². The number of likely N-dealkylation sites (tertiary alicyclic amines) is 1. The average molecular weight is 499 g/mol. The van der Waals surface area contributed by atoms with E-state index in [2.05, 4.69) is 32.2 Å². The van der Waals surface area contributed by atoms with Gasteiger partial charge in [0, 0.05) is 11.3 Å². The number of benzene rings is 2. The first-order chi connectivity index (χ1) is 16.6. The third-order valence-corrected chi connectivity index (χ3v) is 7.21. The van der Waals surface area contributed by atoms with Crippen molar-refractivity contribution in [2.24, 2.45) is 0 Å². The molecule has 0 radical (unpaired) electrons. The molecule has 0 spiro atoms. The first kappa shape index (κ1) is 23.0. The van der Waals surface area contributed by atoms with E-state index in [1.807, 2.05) is 22.8 Å². The zero-order valence-electron chi connectivity index (χ0n) is 18.7. The van der Waals surface area contributed by atoms with E-state index < -0.39 is 0 Å². The minimum absolute atomic E-state index is 0.0856. The Morgan fingerprint density at radius 1 is 1.06 bits per heavy atom. The Morgan fingerprint density at radius 2 is 1.82 bits per heavy atom. The van der Waals surface area contributed by atoms with E-state index in [0.29, 0.717) is 27.6 Å². The number of aromatic nitrogens is 5. The van der Waals surface area contributed by atoms with Crippen LogP contribution in [0.25, 0.3) is 17.1 Å².